The molecule has 0 aromatic heterocycles. The first-order valence-corrected chi connectivity index (χ1v) is 8.32. The van der Waals surface area contributed by atoms with Gasteiger partial charge in [-0.15, -0.1) is 0 Å². The van der Waals surface area contributed by atoms with Crippen LogP contribution in [-0.2, 0) is 10.0 Å². The standard InChI is InChI=1S/C15H15ClFNO2S/c1-2-15(11-3-7-13(17)8-4-11)18-21(19,20)14-9-5-12(16)6-10-14/h3-10,15,18H,2H2,1H3/t15-/m0/s1. The van der Waals surface area contributed by atoms with Gasteiger partial charge in [0.15, 0.2) is 0 Å². The third-order valence-electron chi connectivity index (χ3n) is 3.10. The van der Waals surface area contributed by atoms with Crippen molar-refractivity contribution in [2.45, 2.75) is 24.3 Å². The Morgan fingerprint density at radius 1 is 1.10 bits per heavy atom. The monoisotopic (exact) mass is 327 g/mol. The molecule has 112 valence electrons. The quantitative estimate of drug-likeness (QED) is 0.905. The minimum atomic E-state index is -3.65. The molecule has 2 rings (SSSR count). The molecule has 0 aliphatic heterocycles. The van der Waals surface area contributed by atoms with Crippen molar-refractivity contribution in [1.29, 1.82) is 0 Å². The molecule has 1 N–H and O–H groups in total. The van der Waals surface area contributed by atoms with Crippen LogP contribution in [0.3, 0.4) is 0 Å². The second-order valence-electron chi connectivity index (χ2n) is 4.59. The van der Waals surface area contributed by atoms with E-state index in [9.17, 15) is 12.8 Å². The zero-order chi connectivity index (χ0) is 15.5. The average Bonchev–Trinajstić information content (AvgIpc) is 2.46. The summed E-state index contributed by atoms with van der Waals surface area (Å²) in [5.74, 6) is -0.353. The molecule has 0 spiro atoms. The van der Waals surface area contributed by atoms with E-state index < -0.39 is 16.1 Å². The van der Waals surface area contributed by atoms with Gasteiger partial charge in [0, 0.05) is 11.1 Å². The smallest absolute Gasteiger partial charge is 0.207 e. The van der Waals surface area contributed by atoms with E-state index in [0.717, 1.165) is 5.56 Å². The summed E-state index contributed by atoms with van der Waals surface area (Å²) >= 11 is 5.75. The van der Waals surface area contributed by atoms with Crippen LogP contribution in [0.4, 0.5) is 4.39 Å². The van der Waals surface area contributed by atoms with Crippen LogP contribution >= 0.6 is 11.6 Å². The number of nitrogens with one attached hydrogen (secondary N) is 1. The third-order valence-corrected chi connectivity index (χ3v) is 4.84. The van der Waals surface area contributed by atoms with Crippen LogP contribution in [0.1, 0.15) is 24.9 Å². The number of hydrogen-bond acceptors (Lipinski definition) is 2. The predicted octanol–water partition coefficient (Wildman–Crippen LogP) is 3.91. The molecular formula is C15H15ClFNO2S. The van der Waals surface area contributed by atoms with Gasteiger partial charge in [0.2, 0.25) is 10.0 Å². The van der Waals surface area contributed by atoms with Crippen molar-refractivity contribution >= 4 is 21.6 Å². The lowest BCUT2D eigenvalue weighted by atomic mass is 10.1. The van der Waals surface area contributed by atoms with Crippen molar-refractivity contribution in [2.75, 3.05) is 0 Å². The van der Waals surface area contributed by atoms with E-state index in [1.54, 1.807) is 12.1 Å². The van der Waals surface area contributed by atoms with Gasteiger partial charge < -0.3 is 0 Å². The summed E-state index contributed by atoms with van der Waals surface area (Å²) in [5.41, 5.74) is 0.719. The van der Waals surface area contributed by atoms with E-state index in [4.69, 9.17) is 11.6 Å². The summed E-state index contributed by atoms with van der Waals surface area (Å²) in [6, 6.07) is 11.3. The van der Waals surface area contributed by atoms with E-state index >= 15 is 0 Å². The van der Waals surface area contributed by atoms with Gasteiger partial charge >= 0.3 is 0 Å². The fourth-order valence-electron chi connectivity index (χ4n) is 1.95. The lowest BCUT2D eigenvalue weighted by molar-refractivity contribution is 0.549. The van der Waals surface area contributed by atoms with Gasteiger partial charge in [0.05, 0.1) is 4.90 Å². The highest BCUT2D eigenvalue weighted by atomic mass is 35.5. The third kappa shape index (κ3) is 4.03. The Labute approximate surface area is 128 Å². The Morgan fingerprint density at radius 2 is 1.67 bits per heavy atom. The molecule has 2 aromatic carbocycles. The molecule has 0 saturated heterocycles. The first kappa shape index (κ1) is 15.9. The van der Waals surface area contributed by atoms with Crippen molar-refractivity contribution in [3.63, 3.8) is 0 Å². The van der Waals surface area contributed by atoms with Gasteiger partial charge in [-0.25, -0.2) is 17.5 Å². The number of rotatable bonds is 5. The van der Waals surface area contributed by atoms with Crippen LogP contribution < -0.4 is 4.72 Å². The fraction of sp³-hybridized carbons (Fsp3) is 0.200. The molecule has 0 unspecified atom stereocenters. The lowest BCUT2D eigenvalue weighted by Crippen LogP contribution is -2.28. The van der Waals surface area contributed by atoms with Gasteiger partial charge in [0.25, 0.3) is 0 Å². The Kier molecular flexibility index (Phi) is 4.98. The summed E-state index contributed by atoms with van der Waals surface area (Å²) < 4.78 is 40.2. The van der Waals surface area contributed by atoms with E-state index in [-0.39, 0.29) is 10.7 Å². The van der Waals surface area contributed by atoms with E-state index in [1.807, 2.05) is 6.92 Å². The minimum Gasteiger partial charge on any atom is -0.207 e. The lowest BCUT2D eigenvalue weighted by Gasteiger charge is -2.17. The fourth-order valence-corrected chi connectivity index (χ4v) is 3.39. The molecule has 0 radical (unpaired) electrons. The van der Waals surface area contributed by atoms with E-state index in [2.05, 4.69) is 4.72 Å². The largest absolute Gasteiger partial charge is 0.241 e. The molecule has 0 aliphatic rings. The SMILES string of the molecule is CC[C@H](NS(=O)(=O)c1ccc(Cl)cc1)c1ccc(F)cc1. The molecule has 1 atom stereocenters. The maximum absolute atomic E-state index is 12.9. The van der Waals surface area contributed by atoms with Gasteiger partial charge in [0.1, 0.15) is 5.82 Å². The first-order valence-electron chi connectivity index (χ1n) is 6.45. The molecule has 2 aromatic rings. The van der Waals surface area contributed by atoms with Gasteiger partial charge in [-0.2, -0.15) is 0 Å². The van der Waals surface area contributed by atoms with Gasteiger partial charge in [-0.3, -0.25) is 0 Å². The Morgan fingerprint density at radius 3 is 2.19 bits per heavy atom. The van der Waals surface area contributed by atoms with Gasteiger partial charge in [-0.1, -0.05) is 30.7 Å². The van der Waals surface area contributed by atoms with Crippen molar-refractivity contribution in [3.05, 3.63) is 64.9 Å². The Balaban J connectivity index is 2.24. The minimum absolute atomic E-state index is 0.146. The van der Waals surface area contributed by atoms with Crippen LogP contribution in [0.15, 0.2) is 53.4 Å². The predicted molar refractivity (Wildman–Crippen MR) is 81.2 cm³/mol. The molecule has 3 nitrogen and oxygen atoms in total. The summed E-state index contributed by atoms with van der Waals surface area (Å²) in [5, 5.41) is 0.472. The first-order chi connectivity index (χ1) is 9.92. The summed E-state index contributed by atoms with van der Waals surface area (Å²) in [4.78, 5) is 0.146. The van der Waals surface area contributed by atoms with Crippen LogP contribution in [0, 0.1) is 5.82 Å². The molecule has 0 heterocycles. The number of hydrogen-bond donors (Lipinski definition) is 1. The van der Waals surface area contributed by atoms with E-state index in [1.165, 1.54) is 36.4 Å². The molecule has 21 heavy (non-hydrogen) atoms. The van der Waals surface area contributed by atoms with Crippen molar-refractivity contribution in [1.82, 2.24) is 4.72 Å². The number of sulfonamides is 1. The Bertz CT molecular complexity index is 699. The molecule has 0 saturated carbocycles. The van der Waals surface area contributed by atoms with Gasteiger partial charge in [-0.05, 0) is 48.4 Å². The maximum atomic E-state index is 12.9. The number of benzene rings is 2. The summed E-state index contributed by atoms with van der Waals surface area (Å²) in [6.45, 7) is 1.86. The highest BCUT2D eigenvalue weighted by molar-refractivity contribution is 7.89. The summed E-state index contributed by atoms with van der Waals surface area (Å²) in [7, 11) is -3.65. The van der Waals surface area contributed by atoms with E-state index in [0.29, 0.717) is 11.4 Å². The average molecular weight is 328 g/mol. The topological polar surface area (TPSA) is 46.2 Å². The van der Waals surface area contributed by atoms with Crippen molar-refractivity contribution < 1.29 is 12.8 Å². The van der Waals surface area contributed by atoms with Crippen molar-refractivity contribution in [3.8, 4) is 0 Å². The Hall–Kier alpha value is -1.43. The molecule has 0 bridgehead atoms. The van der Waals surface area contributed by atoms with Crippen LogP contribution in [0.5, 0.6) is 0 Å². The highest BCUT2D eigenvalue weighted by Gasteiger charge is 2.20. The molecule has 6 heteroatoms. The normalized spacial score (nSPS) is 13.1. The zero-order valence-electron chi connectivity index (χ0n) is 11.4. The van der Waals surface area contributed by atoms with Crippen LogP contribution in [-0.4, -0.2) is 8.42 Å². The zero-order valence-corrected chi connectivity index (χ0v) is 13.0. The molecule has 0 fully saturated rings. The van der Waals surface area contributed by atoms with Crippen LogP contribution in [0.25, 0.3) is 0 Å². The molecule has 0 amide bonds. The number of halogens is 2. The second kappa shape index (κ2) is 6.56. The maximum Gasteiger partial charge on any atom is 0.241 e. The highest BCUT2D eigenvalue weighted by Crippen LogP contribution is 2.21. The second-order valence-corrected chi connectivity index (χ2v) is 6.74. The summed E-state index contributed by atoms with van der Waals surface area (Å²) in [6.07, 6.45) is 0.554. The molecular weight excluding hydrogens is 313 g/mol. The van der Waals surface area contributed by atoms with Crippen molar-refractivity contribution in [2.24, 2.45) is 0 Å². The van der Waals surface area contributed by atoms with Crippen LogP contribution in [0.2, 0.25) is 5.02 Å². The molecule has 0 aliphatic carbocycles.